The maximum absolute atomic E-state index is 4.64. The molecule has 14 heavy (non-hydrogen) atoms. The normalized spacial score (nSPS) is 26.2. The molecule has 0 bridgehead atoms. The predicted octanol–water partition coefficient (Wildman–Crippen LogP) is 1.81. The summed E-state index contributed by atoms with van der Waals surface area (Å²) in [6, 6.07) is 0. The van der Waals surface area contributed by atoms with Crippen molar-refractivity contribution in [1.82, 2.24) is 15.3 Å². The summed E-state index contributed by atoms with van der Waals surface area (Å²) in [5, 5.41) is 3.13. The topological polar surface area (TPSA) is 40.7 Å². The van der Waals surface area contributed by atoms with E-state index in [1.807, 2.05) is 7.05 Å². The molecule has 1 aromatic heterocycles. The van der Waals surface area contributed by atoms with Gasteiger partial charge in [-0.2, -0.15) is 0 Å². The zero-order valence-corrected chi connectivity index (χ0v) is 9.22. The lowest BCUT2D eigenvalue weighted by atomic mass is 9.84. The molecule has 1 aliphatic carbocycles. The molecule has 1 aliphatic rings. The second-order valence-corrected chi connectivity index (χ2v) is 4.52. The van der Waals surface area contributed by atoms with Gasteiger partial charge in [0.25, 0.3) is 0 Å². The third-order valence-corrected chi connectivity index (χ3v) is 2.98. The zero-order valence-electron chi connectivity index (χ0n) is 9.22. The van der Waals surface area contributed by atoms with Gasteiger partial charge in [-0.3, -0.25) is 0 Å². The summed E-state index contributed by atoms with van der Waals surface area (Å²) in [6.45, 7) is 5.44. The van der Waals surface area contributed by atoms with Crippen LogP contribution in [0.4, 0.5) is 0 Å². The molecule has 2 unspecified atom stereocenters. The Bertz CT molecular complexity index is 316. The average Bonchev–Trinajstić information content (AvgIpc) is 2.48. The molecule has 1 aromatic rings. The van der Waals surface area contributed by atoms with E-state index in [9.17, 15) is 0 Å². The van der Waals surface area contributed by atoms with Crippen molar-refractivity contribution in [1.29, 1.82) is 0 Å². The molecular formula is C11H19N3. The summed E-state index contributed by atoms with van der Waals surface area (Å²) < 4.78 is 0. The van der Waals surface area contributed by atoms with Crippen LogP contribution in [-0.2, 0) is 13.0 Å². The number of fused-ring (bicyclic) bond motifs is 1. The molecule has 0 saturated carbocycles. The van der Waals surface area contributed by atoms with E-state index in [1.165, 1.54) is 17.8 Å². The molecule has 0 radical (unpaired) electrons. The number of hydrogen-bond acceptors (Lipinski definition) is 2. The Morgan fingerprint density at radius 3 is 3.00 bits per heavy atom. The number of imidazole rings is 1. The first kappa shape index (κ1) is 9.71. The maximum Gasteiger partial charge on any atom is 0.120 e. The lowest BCUT2D eigenvalue weighted by molar-refractivity contribution is 0.440. The molecule has 0 amide bonds. The molecular weight excluding hydrogens is 174 g/mol. The first-order valence-electron chi connectivity index (χ1n) is 5.43. The summed E-state index contributed by atoms with van der Waals surface area (Å²) in [5.41, 5.74) is 2.66. The fraction of sp³-hybridized carbons (Fsp3) is 0.727. The number of rotatable bonds is 2. The number of aromatic amines is 1. The molecule has 1 heterocycles. The van der Waals surface area contributed by atoms with E-state index in [0.29, 0.717) is 5.92 Å². The van der Waals surface area contributed by atoms with Crippen LogP contribution in [0.1, 0.15) is 43.4 Å². The van der Waals surface area contributed by atoms with Gasteiger partial charge in [0.05, 0.1) is 12.2 Å². The molecule has 0 spiro atoms. The summed E-state index contributed by atoms with van der Waals surface area (Å²) in [5.74, 6) is 2.49. The van der Waals surface area contributed by atoms with E-state index in [1.54, 1.807) is 0 Å². The largest absolute Gasteiger partial charge is 0.345 e. The van der Waals surface area contributed by atoms with E-state index in [-0.39, 0.29) is 0 Å². The average molecular weight is 193 g/mol. The number of hydrogen-bond donors (Lipinski definition) is 2. The van der Waals surface area contributed by atoms with E-state index >= 15 is 0 Å². The predicted molar refractivity (Wildman–Crippen MR) is 57.3 cm³/mol. The van der Waals surface area contributed by atoms with Crippen LogP contribution >= 0.6 is 0 Å². The Labute approximate surface area is 85.3 Å². The van der Waals surface area contributed by atoms with Gasteiger partial charge in [-0.25, -0.2) is 4.98 Å². The summed E-state index contributed by atoms with van der Waals surface area (Å²) in [4.78, 5) is 8.06. The van der Waals surface area contributed by atoms with E-state index < -0.39 is 0 Å². The molecule has 2 N–H and O–H groups in total. The van der Waals surface area contributed by atoms with Crippen molar-refractivity contribution < 1.29 is 0 Å². The molecule has 0 aliphatic heterocycles. The fourth-order valence-corrected chi connectivity index (χ4v) is 2.44. The maximum atomic E-state index is 4.64. The Morgan fingerprint density at radius 1 is 1.50 bits per heavy atom. The van der Waals surface area contributed by atoms with Gasteiger partial charge in [0.2, 0.25) is 0 Å². The smallest absolute Gasteiger partial charge is 0.120 e. The second-order valence-electron chi connectivity index (χ2n) is 4.52. The van der Waals surface area contributed by atoms with Crippen molar-refractivity contribution in [3.05, 3.63) is 17.2 Å². The fourth-order valence-electron chi connectivity index (χ4n) is 2.44. The van der Waals surface area contributed by atoms with Crippen LogP contribution in [0, 0.1) is 5.92 Å². The van der Waals surface area contributed by atoms with Crippen molar-refractivity contribution in [2.45, 2.75) is 39.2 Å². The van der Waals surface area contributed by atoms with Gasteiger partial charge in [0, 0.05) is 11.6 Å². The quantitative estimate of drug-likeness (QED) is 0.752. The van der Waals surface area contributed by atoms with Crippen LogP contribution in [0.5, 0.6) is 0 Å². The van der Waals surface area contributed by atoms with Crippen molar-refractivity contribution in [2.75, 3.05) is 7.05 Å². The summed E-state index contributed by atoms with van der Waals surface area (Å²) >= 11 is 0. The van der Waals surface area contributed by atoms with Crippen LogP contribution in [0.25, 0.3) is 0 Å². The standard InChI is InChI=1S/C11H19N3/c1-7-4-8(2)11-9(5-7)13-10(14-11)6-12-3/h7-8,12H,4-6H2,1-3H3,(H,13,14). The highest BCUT2D eigenvalue weighted by atomic mass is 15.0. The van der Waals surface area contributed by atoms with Gasteiger partial charge in [0.15, 0.2) is 0 Å². The highest BCUT2D eigenvalue weighted by molar-refractivity contribution is 5.22. The molecule has 3 nitrogen and oxygen atoms in total. The van der Waals surface area contributed by atoms with Gasteiger partial charge in [0.1, 0.15) is 5.82 Å². The van der Waals surface area contributed by atoms with Crippen LogP contribution in [0.2, 0.25) is 0 Å². The van der Waals surface area contributed by atoms with Gasteiger partial charge in [-0.15, -0.1) is 0 Å². The van der Waals surface area contributed by atoms with E-state index in [2.05, 4.69) is 29.1 Å². The SMILES string of the molecule is CNCc1nc2c([nH]1)CC(C)CC2C. The summed E-state index contributed by atoms with van der Waals surface area (Å²) in [7, 11) is 1.95. The molecule has 2 rings (SSSR count). The minimum absolute atomic E-state index is 0.621. The van der Waals surface area contributed by atoms with Gasteiger partial charge < -0.3 is 10.3 Å². The van der Waals surface area contributed by atoms with Crippen molar-refractivity contribution in [3.8, 4) is 0 Å². The van der Waals surface area contributed by atoms with Gasteiger partial charge >= 0.3 is 0 Å². The highest BCUT2D eigenvalue weighted by Crippen LogP contribution is 2.32. The molecule has 78 valence electrons. The summed E-state index contributed by atoms with van der Waals surface area (Å²) in [6.07, 6.45) is 2.44. The first-order valence-corrected chi connectivity index (χ1v) is 5.43. The Morgan fingerprint density at radius 2 is 2.29 bits per heavy atom. The minimum Gasteiger partial charge on any atom is -0.345 e. The highest BCUT2D eigenvalue weighted by Gasteiger charge is 2.24. The van der Waals surface area contributed by atoms with Gasteiger partial charge in [-0.05, 0) is 25.8 Å². The molecule has 0 fully saturated rings. The van der Waals surface area contributed by atoms with Crippen molar-refractivity contribution in [3.63, 3.8) is 0 Å². The molecule has 0 aromatic carbocycles. The molecule has 2 atom stereocenters. The molecule has 3 heteroatoms. The van der Waals surface area contributed by atoms with Crippen molar-refractivity contribution >= 4 is 0 Å². The van der Waals surface area contributed by atoms with E-state index in [4.69, 9.17) is 0 Å². The Hall–Kier alpha value is -0.830. The van der Waals surface area contributed by atoms with E-state index in [0.717, 1.165) is 24.7 Å². The lowest BCUT2D eigenvalue weighted by Crippen LogP contribution is -2.14. The zero-order chi connectivity index (χ0) is 10.1. The van der Waals surface area contributed by atoms with Crippen LogP contribution in [0.3, 0.4) is 0 Å². The molecule has 0 saturated heterocycles. The minimum atomic E-state index is 0.621. The van der Waals surface area contributed by atoms with Gasteiger partial charge in [-0.1, -0.05) is 13.8 Å². The Kier molecular flexibility index (Phi) is 2.59. The third kappa shape index (κ3) is 1.69. The number of nitrogens with zero attached hydrogens (tertiary/aromatic N) is 1. The monoisotopic (exact) mass is 193 g/mol. The number of aromatic nitrogens is 2. The number of nitrogens with one attached hydrogen (secondary N) is 2. The first-order chi connectivity index (χ1) is 6.70. The van der Waals surface area contributed by atoms with Crippen molar-refractivity contribution in [2.24, 2.45) is 5.92 Å². The van der Waals surface area contributed by atoms with Crippen LogP contribution in [-0.4, -0.2) is 17.0 Å². The van der Waals surface area contributed by atoms with Crippen LogP contribution in [0.15, 0.2) is 0 Å². The van der Waals surface area contributed by atoms with Crippen LogP contribution < -0.4 is 5.32 Å². The lowest BCUT2D eigenvalue weighted by Gasteiger charge is -2.22. The second kappa shape index (κ2) is 3.73. The third-order valence-electron chi connectivity index (χ3n) is 2.98. The number of H-pyrrole nitrogens is 1. The Balaban J connectivity index is 2.26.